The Balaban J connectivity index is 2.04. The molecule has 0 radical (unpaired) electrons. The van der Waals surface area contributed by atoms with E-state index >= 15 is 0 Å². The summed E-state index contributed by atoms with van der Waals surface area (Å²) in [6.07, 6.45) is 4.72. The Labute approximate surface area is 120 Å². The highest BCUT2D eigenvalue weighted by atomic mass is 16.4. The second-order valence-corrected chi connectivity index (χ2v) is 6.76. The van der Waals surface area contributed by atoms with Gasteiger partial charge in [-0.15, -0.1) is 0 Å². The van der Waals surface area contributed by atoms with Crippen molar-refractivity contribution in [2.75, 3.05) is 6.54 Å². The van der Waals surface area contributed by atoms with Crippen molar-refractivity contribution in [1.82, 2.24) is 4.90 Å². The number of carbonyl (C=O) groups excluding carboxylic acids is 1. The number of carboxylic acids is 1. The molecule has 4 unspecified atom stereocenters. The van der Waals surface area contributed by atoms with Crippen LogP contribution in [0.5, 0.6) is 0 Å². The van der Waals surface area contributed by atoms with Gasteiger partial charge in [0, 0.05) is 12.6 Å². The van der Waals surface area contributed by atoms with E-state index in [4.69, 9.17) is 10.8 Å². The van der Waals surface area contributed by atoms with Crippen molar-refractivity contribution in [2.45, 2.75) is 64.0 Å². The monoisotopic (exact) mass is 282 g/mol. The minimum Gasteiger partial charge on any atom is -0.481 e. The van der Waals surface area contributed by atoms with Crippen molar-refractivity contribution in [3.8, 4) is 0 Å². The molecule has 114 valence electrons. The molecule has 4 atom stereocenters. The van der Waals surface area contributed by atoms with Crippen LogP contribution in [-0.2, 0) is 9.59 Å². The van der Waals surface area contributed by atoms with Crippen LogP contribution >= 0.6 is 0 Å². The maximum atomic E-state index is 12.8. The van der Waals surface area contributed by atoms with Gasteiger partial charge < -0.3 is 15.7 Å². The summed E-state index contributed by atoms with van der Waals surface area (Å²) in [4.78, 5) is 25.6. The number of carbonyl (C=O) groups is 2. The van der Waals surface area contributed by atoms with E-state index in [0.29, 0.717) is 25.3 Å². The van der Waals surface area contributed by atoms with E-state index in [1.54, 1.807) is 0 Å². The van der Waals surface area contributed by atoms with Crippen LogP contribution < -0.4 is 5.73 Å². The largest absolute Gasteiger partial charge is 0.481 e. The Kier molecular flexibility index (Phi) is 4.37. The molecule has 1 heterocycles. The molecule has 1 aliphatic heterocycles. The van der Waals surface area contributed by atoms with E-state index in [9.17, 15) is 9.59 Å². The van der Waals surface area contributed by atoms with E-state index in [1.165, 1.54) is 0 Å². The van der Waals surface area contributed by atoms with Crippen molar-refractivity contribution in [3.63, 3.8) is 0 Å². The zero-order chi connectivity index (χ0) is 14.9. The van der Waals surface area contributed by atoms with Gasteiger partial charge in [-0.05, 0) is 38.5 Å². The molecule has 2 rings (SSSR count). The second-order valence-electron chi connectivity index (χ2n) is 6.76. The van der Waals surface area contributed by atoms with E-state index in [2.05, 4.69) is 6.92 Å². The molecule has 1 saturated carbocycles. The van der Waals surface area contributed by atoms with Crippen LogP contribution in [0.15, 0.2) is 0 Å². The Morgan fingerprint density at radius 2 is 2.00 bits per heavy atom. The summed E-state index contributed by atoms with van der Waals surface area (Å²) >= 11 is 0. The van der Waals surface area contributed by atoms with Crippen LogP contribution in [0.25, 0.3) is 0 Å². The summed E-state index contributed by atoms with van der Waals surface area (Å²) in [5, 5.41) is 9.09. The zero-order valence-corrected chi connectivity index (χ0v) is 12.5. The quantitative estimate of drug-likeness (QED) is 0.806. The molecular weight excluding hydrogens is 256 g/mol. The first-order valence-corrected chi connectivity index (χ1v) is 7.66. The minimum absolute atomic E-state index is 0.0281. The van der Waals surface area contributed by atoms with E-state index in [1.807, 2.05) is 11.8 Å². The van der Waals surface area contributed by atoms with Gasteiger partial charge >= 0.3 is 5.97 Å². The van der Waals surface area contributed by atoms with Gasteiger partial charge in [-0.25, -0.2) is 0 Å². The summed E-state index contributed by atoms with van der Waals surface area (Å²) in [6.45, 7) is 4.60. The molecule has 2 aliphatic rings. The van der Waals surface area contributed by atoms with Gasteiger partial charge in [0.15, 0.2) is 0 Å². The summed E-state index contributed by atoms with van der Waals surface area (Å²) in [7, 11) is 0. The number of aliphatic carboxylic acids is 1. The van der Waals surface area contributed by atoms with Gasteiger partial charge in [-0.1, -0.05) is 19.8 Å². The topological polar surface area (TPSA) is 83.6 Å². The van der Waals surface area contributed by atoms with Gasteiger partial charge in [0.2, 0.25) is 5.91 Å². The fourth-order valence-electron chi connectivity index (χ4n) is 3.77. The molecule has 0 spiro atoms. The van der Waals surface area contributed by atoms with Crippen LogP contribution in [0.2, 0.25) is 0 Å². The third-order valence-electron chi connectivity index (χ3n) is 4.94. The first-order valence-electron chi connectivity index (χ1n) is 7.66. The molecule has 20 heavy (non-hydrogen) atoms. The number of hydrogen-bond donors (Lipinski definition) is 2. The number of nitrogens with zero attached hydrogens (tertiary/aromatic N) is 1. The predicted octanol–water partition coefficient (Wildman–Crippen LogP) is 1.61. The van der Waals surface area contributed by atoms with Gasteiger partial charge in [0.05, 0.1) is 11.5 Å². The molecule has 1 amide bonds. The SMILES string of the molecule is CC1CCCC(N)(C(=O)N2CCC(C(=O)O)CC2C)C1. The highest BCUT2D eigenvalue weighted by molar-refractivity contribution is 5.87. The Bertz CT molecular complexity index is 399. The maximum absolute atomic E-state index is 12.8. The average molecular weight is 282 g/mol. The Hall–Kier alpha value is -1.10. The maximum Gasteiger partial charge on any atom is 0.306 e. The molecule has 0 bridgehead atoms. The smallest absolute Gasteiger partial charge is 0.306 e. The van der Waals surface area contributed by atoms with Gasteiger partial charge in [0.1, 0.15) is 0 Å². The van der Waals surface area contributed by atoms with Crippen LogP contribution in [0.3, 0.4) is 0 Å². The van der Waals surface area contributed by atoms with Crippen molar-refractivity contribution in [3.05, 3.63) is 0 Å². The summed E-state index contributed by atoms with van der Waals surface area (Å²) in [6, 6.07) is -0.0324. The van der Waals surface area contributed by atoms with Crippen molar-refractivity contribution in [1.29, 1.82) is 0 Å². The average Bonchev–Trinajstić information content (AvgIpc) is 2.37. The van der Waals surface area contributed by atoms with Gasteiger partial charge in [0.25, 0.3) is 0 Å². The predicted molar refractivity (Wildman–Crippen MR) is 76.1 cm³/mol. The summed E-state index contributed by atoms with van der Waals surface area (Å²) in [5.41, 5.74) is 5.64. The first kappa shape index (κ1) is 15.3. The number of nitrogens with two attached hydrogens (primary N) is 1. The number of hydrogen-bond acceptors (Lipinski definition) is 3. The third kappa shape index (κ3) is 2.97. The first-order chi connectivity index (χ1) is 9.33. The number of amides is 1. The summed E-state index contributed by atoms with van der Waals surface area (Å²) in [5.74, 6) is -0.560. The Morgan fingerprint density at radius 3 is 2.55 bits per heavy atom. The zero-order valence-electron chi connectivity index (χ0n) is 12.5. The molecule has 5 nitrogen and oxygen atoms in total. The highest BCUT2D eigenvalue weighted by Crippen LogP contribution is 2.34. The lowest BCUT2D eigenvalue weighted by Crippen LogP contribution is -2.60. The Morgan fingerprint density at radius 1 is 1.30 bits per heavy atom. The molecule has 0 aromatic carbocycles. The molecule has 2 fully saturated rings. The normalized spacial score (nSPS) is 38.5. The molecule has 1 saturated heterocycles. The fraction of sp³-hybridized carbons (Fsp3) is 0.867. The second kappa shape index (κ2) is 5.72. The molecule has 0 aromatic rings. The van der Waals surface area contributed by atoms with Crippen molar-refractivity contribution in [2.24, 2.45) is 17.6 Å². The minimum atomic E-state index is -0.752. The number of rotatable bonds is 2. The highest BCUT2D eigenvalue weighted by Gasteiger charge is 2.43. The third-order valence-corrected chi connectivity index (χ3v) is 4.94. The molecular formula is C15H26N2O3. The lowest BCUT2D eigenvalue weighted by Gasteiger charge is -2.44. The van der Waals surface area contributed by atoms with E-state index in [-0.39, 0.29) is 17.9 Å². The number of likely N-dealkylation sites (tertiary alicyclic amines) is 1. The molecule has 3 N–H and O–H groups in total. The van der Waals surface area contributed by atoms with Crippen LogP contribution in [0.4, 0.5) is 0 Å². The standard InChI is InChI=1S/C15H26N2O3/c1-10-4-3-6-15(16,9-10)14(20)17-7-5-12(13(18)19)8-11(17)2/h10-12H,3-9,16H2,1-2H3,(H,18,19). The van der Waals surface area contributed by atoms with Crippen LogP contribution in [0.1, 0.15) is 52.4 Å². The van der Waals surface area contributed by atoms with E-state index in [0.717, 1.165) is 25.7 Å². The molecule has 5 heteroatoms. The molecule has 1 aliphatic carbocycles. The van der Waals surface area contributed by atoms with Crippen molar-refractivity contribution < 1.29 is 14.7 Å². The van der Waals surface area contributed by atoms with Gasteiger partial charge in [-0.3, -0.25) is 9.59 Å². The number of piperidine rings is 1. The van der Waals surface area contributed by atoms with E-state index < -0.39 is 11.5 Å². The lowest BCUT2D eigenvalue weighted by molar-refractivity contribution is -0.150. The van der Waals surface area contributed by atoms with Crippen LogP contribution in [-0.4, -0.2) is 40.0 Å². The lowest BCUT2D eigenvalue weighted by atomic mass is 9.75. The molecule has 0 aromatic heterocycles. The van der Waals surface area contributed by atoms with Crippen LogP contribution in [0, 0.1) is 11.8 Å². The summed E-state index contributed by atoms with van der Waals surface area (Å²) < 4.78 is 0. The number of carboxylic acid groups (broad SMARTS) is 1. The van der Waals surface area contributed by atoms with Gasteiger partial charge in [-0.2, -0.15) is 0 Å². The van der Waals surface area contributed by atoms with Crippen molar-refractivity contribution >= 4 is 11.9 Å². The fourth-order valence-corrected chi connectivity index (χ4v) is 3.77.